The SMILES string of the molecule is CCOC(=O)c1ccc(N2C(=O)c3[nH]nc(-c4ccc(OCC)cc4)c3[C@@H]2c2ccc(OC)cc2)cc1. The van der Waals surface area contributed by atoms with Crippen molar-refractivity contribution in [3.63, 3.8) is 0 Å². The maximum atomic E-state index is 13.7. The lowest BCUT2D eigenvalue weighted by atomic mass is 9.95. The Hall–Kier alpha value is -4.59. The van der Waals surface area contributed by atoms with Gasteiger partial charge in [0.05, 0.1) is 37.6 Å². The molecule has 2 heterocycles. The van der Waals surface area contributed by atoms with Crippen LogP contribution in [0.1, 0.15) is 51.9 Å². The molecule has 1 atom stereocenters. The fraction of sp³-hybridized carbons (Fsp3) is 0.207. The van der Waals surface area contributed by atoms with Gasteiger partial charge in [-0.3, -0.25) is 14.8 Å². The quantitative estimate of drug-likeness (QED) is 0.327. The van der Waals surface area contributed by atoms with Crippen LogP contribution in [0.15, 0.2) is 72.8 Å². The van der Waals surface area contributed by atoms with Crippen LogP contribution < -0.4 is 14.4 Å². The number of carbonyl (C=O) groups is 2. The number of hydrogen-bond acceptors (Lipinski definition) is 6. The lowest BCUT2D eigenvalue weighted by molar-refractivity contribution is 0.0526. The molecule has 5 rings (SSSR count). The number of hydrogen-bond donors (Lipinski definition) is 1. The van der Waals surface area contributed by atoms with E-state index in [0.29, 0.717) is 35.9 Å². The summed E-state index contributed by atoms with van der Waals surface area (Å²) >= 11 is 0. The number of amides is 1. The third-order valence-electron chi connectivity index (χ3n) is 6.30. The van der Waals surface area contributed by atoms with Crippen LogP contribution in [0.4, 0.5) is 5.69 Å². The highest BCUT2D eigenvalue weighted by Crippen LogP contribution is 2.45. The van der Waals surface area contributed by atoms with Crippen molar-refractivity contribution in [2.24, 2.45) is 0 Å². The lowest BCUT2D eigenvalue weighted by Gasteiger charge is -2.26. The molecule has 3 aromatic carbocycles. The molecule has 8 heteroatoms. The summed E-state index contributed by atoms with van der Waals surface area (Å²) in [6.07, 6.45) is 0. The Labute approximate surface area is 214 Å². The zero-order valence-corrected chi connectivity index (χ0v) is 20.9. The summed E-state index contributed by atoms with van der Waals surface area (Å²) in [6, 6.07) is 21.7. The van der Waals surface area contributed by atoms with Gasteiger partial charge in [0.15, 0.2) is 0 Å². The Bertz CT molecular complexity index is 1410. The molecule has 188 valence electrons. The molecular formula is C29H27N3O5. The fourth-order valence-electron chi connectivity index (χ4n) is 4.58. The number of H-pyrrole nitrogens is 1. The molecule has 0 unspecified atom stereocenters. The largest absolute Gasteiger partial charge is 0.497 e. The molecule has 0 saturated heterocycles. The predicted molar refractivity (Wildman–Crippen MR) is 139 cm³/mol. The number of benzene rings is 3. The third-order valence-corrected chi connectivity index (χ3v) is 6.30. The normalized spacial score (nSPS) is 14.4. The first-order valence-electron chi connectivity index (χ1n) is 12.1. The summed E-state index contributed by atoms with van der Waals surface area (Å²) in [6.45, 7) is 4.57. The van der Waals surface area contributed by atoms with Gasteiger partial charge in [-0.05, 0) is 80.1 Å². The van der Waals surface area contributed by atoms with Crippen LogP contribution in [0.25, 0.3) is 11.3 Å². The highest BCUT2D eigenvalue weighted by Gasteiger charge is 2.43. The van der Waals surface area contributed by atoms with E-state index >= 15 is 0 Å². The molecule has 1 aromatic heterocycles. The maximum absolute atomic E-state index is 13.7. The monoisotopic (exact) mass is 497 g/mol. The Morgan fingerprint density at radius 2 is 1.59 bits per heavy atom. The van der Waals surface area contributed by atoms with Crippen molar-refractivity contribution in [3.05, 3.63) is 95.2 Å². The number of nitrogens with one attached hydrogen (secondary N) is 1. The maximum Gasteiger partial charge on any atom is 0.338 e. The molecule has 37 heavy (non-hydrogen) atoms. The van der Waals surface area contributed by atoms with Crippen LogP contribution in [0.3, 0.4) is 0 Å². The second-order valence-electron chi connectivity index (χ2n) is 8.44. The molecular weight excluding hydrogens is 470 g/mol. The molecule has 0 bridgehead atoms. The van der Waals surface area contributed by atoms with E-state index in [1.807, 2.05) is 55.5 Å². The number of anilines is 1. The van der Waals surface area contributed by atoms with E-state index in [0.717, 1.165) is 28.2 Å². The van der Waals surface area contributed by atoms with Crippen LogP contribution in [-0.2, 0) is 4.74 Å². The first kappa shape index (κ1) is 24.1. The molecule has 4 aromatic rings. The number of rotatable bonds is 8. The molecule has 1 aliphatic heterocycles. The van der Waals surface area contributed by atoms with E-state index in [1.54, 1.807) is 43.2 Å². The van der Waals surface area contributed by atoms with Crippen molar-refractivity contribution in [2.45, 2.75) is 19.9 Å². The van der Waals surface area contributed by atoms with Gasteiger partial charge >= 0.3 is 5.97 Å². The van der Waals surface area contributed by atoms with Gasteiger partial charge in [-0.15, -0.1) is 0 Å². The van der Waals surface area contributed by atoms with E-state index in [9.17, 15) is 9.59 Å². The van der Waals surface area contributed by atoms with Gasteiger partial charge in [0.2, 0.25) is 0 Å². The van der Waals surface area contributed by atoms with E-state index in [1.165, 1.54) is 0 Å². The van der Waals surface area contributed by atoms with Crippen LogP contribution >= 0.6 is 0 Å². The number of nitrogens with zero attached hydrogens (tertiary/aromatic N) is 2. The first-order valence-corrected chi connectivity index (χ1v) is 12.1. The summed E-state index contributed by atoms with van der Waals surface area (Å²) in [5, 5.41) is 7.50. The van der Waals surface area contributed by atoms with Gasteiger partial charge < -0.3 is 14.2 Å². The number of esters is 1. The minimum absolute atomic E-state index is 0.204. The molecule has 1 aliphatic rings. The average molecular weight is 498 g/mol. The zero-order valence-electron chi connectivity index (χ0n) is 20.9. The van der Waals surface area contributed by atoms with E-state index in [-0.39, 0.29) is 5.91 Å². The summed E-state index contributed by atoms with van der Waals surface area (Å²) in [7, 11) is 1.61. The minimum Gasteiger partial charge on any atom is -0.497 e. The molecule has 1 N–H and O–H groups in total. The number of carbonyl (C=O) groups excluding carboxylic acids is 2. The van der Waals surface area contributed by atoms with Gasteiger partial charge in [-0.1, -0.05) is 12.1 Å². The highest BCUT2D eigenvalue weighted by atomic mass is 16.5. The van der Waals surface area contributed by atoms with E-state index in [4.69, 9.17) is 14.2 Å². The third kappa shape index (κ3) is 4.42. The molecule has 8 nitrogen and oxygen atoms in total. The van der Waals surface area contributed by atoms with Crippen molar-refractivity contribution in [2.75, 3.05) is 25.2 Å². The lowest BCUT2D eigenvalue weighted by Crippen LogP contribution is -2.29. The topological polar surface area (TPSA) is 93.8 Å². The van der Waals surface area contributed by atoms with Gasteiger partial charge in [-0.2, -0.15) is 5.10 Å². The molecule has 0 radical (unpaired) electrons. The molecule has 1 amide bonds. The van der Waals surface area contributed by atoms with Crippen LogP contribution in [0.2, 0.25) is 0 Å². The smallest absolute Gasteiger partial charge is 0.338 e. The number of fused-ring (bicyclic) bond motifs is 1. The van der Waals surface area contributed by atoms with Gasteiger partial charge in [0.25, 0.3) is 5.91 Å². The number of ether oxygens (including phenoxy) is 3. The summed E-state index contributed by atoms with van der Waals surface area (Å²) < 4.78 is 16.0. The second-order valence-corrected chi connectivity index (χ2v) is 8.44. The van der Waals surface area contributed by atoms with Crippen LogP contribution in [0, 0.1) is 0 Å². The zero-order chi connectivity index (χ0) is 25.9. The Kier molecular flexibility index (Phi) is 6.64. The van der Waals surface area contributed by atoms with Gasteiger partial charge in [0.1, 0.15) is 17.2 Å². The van der Waals surface area contributed by atoms with Crippen LogP contribution in [-0.4, -0.2) is 42.4 Å². The predicted octanol–water partition coefficient (Wildman–Crippen LogP) is 5.41. The molecule has 0 fully saturated rings. The van der Waals surface area contributed by atoms with E-state index in [2.05, 4.69) is 10.2 Å². The standard InChI is InChI=1S/C29H27N3O5/c1-4-36-23-16-8-18(9-17-23)25-24-26(31-30-25)28(33)32(27(24)19-10-14-22(35-3)15-11-19)21-12-6-20(7-13-21)29(34)37-5-2/h6-17,27H,4-5H2,1-3H3,(H,30,31)/t27-/m0/s1. The number of aromatic nitrogens is 2. The Morgan fingerprint density at radius 3 is 2.22 bits per heavy atom. The second kappa shape index (κ2) is 10.2. The highest BCUT2D eigenvalue weighted by molar-refractivity contribution is 6.12. The van der Waals surface area contributed by atoms with Crippen molar-refractivity contribution in [1.82, 2.24) is 10.2 Å². The molecule has 0 spiro atoms. The summed E-state index contributed by atoms with van der Waals surface area (Å²) in [5.74, 6) is 0.882. The first-order chi connectivity index (χ1) is 18.0. The van der Waals surface area contributed by atoms with Crippen molar-refractivity contribution >= 4 is 17.6 Å². The Morgan fingerprint density at radius 1 is 0.919 bits per heavy atom. The fourth-order valence-corrected chi connectivity index (χ4v) is 4.58. The van der Waals surface area contributed by atoms with Gasteiger partial charge in [-0.25, -0.2) is 4.79 Å². The van der Waals surface area contributed by atoms with Crippen LogP contribution in [0.5, 0.6) is 11.5 Å². The van der Waals surface area contributed by atoms with Crippen molar-refractivity contribution < 1.29 is 23.8 Å². The molecule has 0 aliphatic carbocycles. The minimum atomic E-state index is -0.442. The average Bonchev–Trinajstić information content (AvgIpc) is 3.48. The van der Waals surface area contributed by atoms with Crippen molar-refractivity contribution in [1.29, 1.82) is 0 Å². The van der Waals surface area contributed by atoms with Gasteiger partial charge in [0, 0.05) is 16.8 Å². The van der Waals surface area contributed by atoms with E-state index < -0.39 is 12.0 Å². The Balaban J connectivity index is 1.60. The number of methoxy groups -OCH3 is 1. The summed E-state index contributed by atoms with van der Waals surface area (Å²) in [4.78, 5) is 27.6. The summed E-state index contributed by atoms with van der Waals surface area (Å²) in [5.41, 5.74) is 4.75. The van der Waals surface area contributed by atoms with Crippen molar-refractivity contribution in [3.8, 4) is 22.8 Å². The molecule has 0 saturated carbocycles. The number of aromatic amines is 1.